The molecule has 0 aliphatic heterocycles. The topological polar surface area (TPSA) is 65.2 Å². The van der Waals surface area contributed by atoms with Gasteiger partial charge >= 0.3 is 11.9 Å². The van der Waals surface area contributed by atoms with E-state index < -0.39 is 5.97 Å². The van der Waals surface area contributed by atoms with Gasteiger partial charge in [0.15, 0.2) is 5.82 Å². The SMILES string of the molecule is CCOC(=O)c1nc(C2CC2(C)C)no1. The highest BCUT2D eigenvalue weighted by atomic mass is 16.6. The van der Waals surface area contributed by atoms with Crippen LogP contribution in [0.5, 0.6) is 0 Å². The van der Waals surface area contributed by atoms with E-state index in [2.05, 4.69) is 24.0 Å². The molecule has 1 fully saturated rings. The van der Waals surface area contributed by atoms with Gasteiger partial charge in [-0.3, -0.25) is 0 Å². The van der Waals surface area contributed by atoms with Crippen LogP contribution in [0.1, 0.15) is 49.6 Å². The molecule has 2 rings (SSSR count). The van der Waals surface area contributed by atoms with E-state index in [1.807, 2.05) is 0 Å². The lowest BCUT2D eigenvalue weighted by atomic mass is 10.1. The molecule has 82 valence electrons. The zero-order chi connectivity index (χ0) is 11.1. The molecule has 0 spiro atoms. The van der Waals surface area contributed by atoms with E-state index in [4.69, 9.17) is 9.26 Å². The second kappa shape index (κ2) is 3.32. The van der Waals surface area contributed by atoms with E-state index in [1.165, 1.54) is 0 Å². The van der Waals surface area contributed by atoms with Crippen molar-refractivity contribution < 1.29 is 14.1 Å². The molecular weight excluding hydrogens is 196 g/mol. The number of nitrogens with zero attached hydrogens (tertiary/aromatic N) is 2. The van der Waals surface area contributed by atoms with E-state index >= 15 is 0 Å². The molecule has 0 saturated heterocycles. The van der Waals surface area contributed by atoms with Gasteiger partial charge in [-0.1, -0.05) is 19.0 Å². The Bertz CT molecular complexity index is 384. The van der Waals surface area contributed by atoms with Crippen molar-refractivity contribution in [2.45, 2.75) is 33.1 Å². The highest BCUT2D eigenvalue weighted by Gasteiger charge is 2.49. The minimum absolute atomic E-state index is 0.0467. The molecule has 0 N–H and O–H groups in total. The maximum atomic E-state index is 11.2. The Labute approximate surface area is 87.8 Å². The van der Waals surface area contributed by atoms with Crippen LogP contribution in [0.15, 0.2) is 4.52 Å². The molecule has 1 aromatic heterocycles. The Morgan fingerprint density at radius 2 is 2.33 bits per heavy atom. The fraction of sp³-hybridized carbons (Fsp3) is 0.700. The van der Waals surface area contributed by atoms with Gasteiger partial charge in [-0.25, -0.2) is 4.79 Å². The maximum absolute atomic E-state index is 11.2. The van der Waals surface area contributed by atoms with Crippen molar-refractivity contribution in [1.29, 1.82) is 0 Å². The van der Waals surface area contributed by atoms with Crippen LogP contribution < -0.4 is 0 Å². The Hall–Kier alpha value is -1.39. The van der Waals surface area contributed by atoms with Crippen LogP contribution in [0.4, 0.5) is 0 Å². The molecule has 15 heavy (non-hydrogen) atoms. The van der Waals surface area contributed by atoms with Gasteiger partial charge in [-0.05, 0) is 18.8 Å². The Morgan fingerprint density at radius 1 is 1.67 bits per heavy atom. The molecule has 0 bridgehead atoms. The molecule has 1 aromatic rings. The second-order valence-corrected chi connectivity index (χ2v) is 4.42. The summed E-state index contributed by atoms with van der Waals surface area (Å²) < 4.78 is 9.60. The number of esters is 1. The summed E-state index contributed by atoms with van der Waals surface area (Å²) in [5.74, 6) is 0.330. The number of hydrogen-bond donors (Lipinski definition) is 0. The first-order chi connectivity index (χ1) is 7.04. The summed E-state index contributed by atoms with van der Waals surface area (Å²) in [5.41, 5.74) is 0.232. The first kappa shape index (κ1) is 10.1. The van der Waals surface area contributed by atoms with E-state index in [0.717, 1.165) is 6.42 Å². The quantitative estimate of drug-likeness (QED) is 0.711. The molecule has 1 aliphatic rings. The second-order valence-electron chi connectivity index (χ2n) is 4.42. The standard InChI is InChI=1S/C10H14N2O3/c1-4-14-9(13)8-11-7(12-15-8)6-5-10(6,2)3/h6H,4-5H2,1-3H3. The van der Waals surface area contributed by atoms with Crippen molar-refractivity contribution in [3.05, 3.63) is 11.7 Å². The van der Waals surface area contributed by atoms with Crippen molar-refractivity contribution in [1.82, 2.24) is 10.1 Å². The third-order valence-electron chi connectivity index (χ3n) is 2.72. The molecule has 0 radical (unpaired) electrons. The van der Waals surface area contributed by atoms with E-state index in [-0.39, 0.29) is 11.3 Å². The van der Waals surface area contributed by atoms with Gasteiger partial charge in [0.1, 0.15) is 0 Å². The van der Waals surface area contributed by atoms with Gasteiger partial charge in [0.05, 0.1) is 6.61 Å². The number of aromatic nitrogens is 2. The van der Waals surface area contributed by atoms with Crippen molar-refractivity contribution >= 4 is 5.97 Å². The van der Waals surface area contributed by atoms with Gasteiger partial charge < -0.3 is 9.26 Å². The van der Waals surface area contributed by atoms with Crippen LogP contribution in [-0.2, 0) is 4.74 Å². The normalized spacial score (nSPS) is 22.5. The van der Waals surface area contributed by atoms with Gasteiger partial charge in [0.2, 0.25) is 0 Å². The number of carbonyl (C=O) groups is 1. The van der Waals surface area contributed by atoms with Crippen LogP contribution in [-0.4, -0.2) is 22.7 Å². The Morgan fingerprint density at radius 3 is 2.87 bits per heavy atom. The highest BCUT2D eigenvalue weighted by molar-refractivity contribution is 5.83. The third kappa shape index (κ3) is 1.86. The van der Waals surface area contributed by atoms with Crippen LogP contribution in [0.25, 0.3) is 0 Å². The predicted molar refractivity (Wildman–Crippen MR) is 51.4 cm³/mol. The molecule has 1 aliphatic carbocycles. The van der Waals surface area contributed by atoms with Crippen molar-refractivity contribution in [2.75, 3.05) is 6.61 Å². The van der Waals surface area contributed by atoms with E-state index in [1.54, 1.807) is 6.92 Å². The number of rotatable bonds is 3. The monoisotopic (exact) mass is 210 g/mol. The molecule has 0 aromatic carbocycles. The lowest BCUT2D eigenvalue weighted by molar-refractivity contribution is 0.0470. The first-order valence-electron chi connectivity index (χ1n) is 5.05. The summed E-state index contributed by atoms with van der Waals surface area (Å²) in [7, 11) is 0. The summed E-state index contributed by atoms with van der Waals surface area (Å²) in [6.07, 6.45) is 1.04. The zero-order valence-corrected chi connectivity index (χ0v) is 9.11. The van der Waals surface area contributed by atoms with Crippen LogP contribution >= 0.6 is 0 Å². The average molecular weight is 210 g/mol. The number of hydrogen-bond acceptors (Lipinski definition) is 5. The lowest BCUT2D eigenvalue weighted by Gasteiger charge is -1.96. The Kier molecular flexibility index (Phi) is 2.25. The molecule has 5 heteroatoms. The van der Waals surface area contributed by atoms with E-state index in [9.17, 15) is 4.79 Å². The minimum atomic E-state index is -0.547. The van der Waals surface area contributed by atoms with Crippen LogP contribution in [0.3, 0.4) is 0 Å². The highest BCUT2D eigenvalue weighted by Crippen LogP contribution is 2.57. The third-order valence-corrected chi connectivity index (χ3v) is 2.72. The molecular formula is C10H14N2O3. The van der Waals surface area contributed by atoms with Crippen LogP contribution in [0.2, 0.25) is 0 Å². The van der Waals surface area contributed by atoms with Gasteiger partial charge in [0, 0.05) is 5.92 Å². The smallest absolute Gasteiger partial charge is 0.397 e. The first-order valence-corrected chi connectivity index (χ1v) is 5.05. The fourth-order valence-electron chi connectivity index (χ4n) is 1.56. The zero-order valence-electron chi connectivity index (χ0n) is 9.11. The summed E-state index contributed by atoms with van der Waals surface area (Å²) in [5, 5.41) is 3.79. The summed E-state index contributed by atoms with van der Waals surface area (Å²) >= 11 is 0. The van der Waals surface area contributed by atoms with Gasteiger partial charge in [-0.15, -0.1) is 0 Å². The summed E-state index contributed by atoms with van der Waals surface area (Å²) in [4.78, 5) is 15.3. The van der Waals surface area contributed by atoms with Crippen LogP contribution in [0, 0.1) is 5.41 Å². The molecule has 1 saturated carbocycles. The largest absolute Gasteiger partial charge is 0.459 e. The predicted octanol–water partition coefficient (Wildman–Crippen LogP) is 1.76. The van der Waals surface area contributed by atoms with Gasteiger partial charge in [-0.2, -0.15) is 4.98 Å². The van der Waals surface area contributed by atoms with Crippen molar-refractivity contribution in [2.24, 2.45) is 5.41 Å². The average Bonchev–Trinajstić information content (AvgIpc) is 2.66. The van der Waals surface area contributed by atoms with Gasteiger partial charge in [0.25, 0.3) is 0 Å². The molecule has 0 amide bonds. The summed E-state index contributed by atoms with van der Waals surface area (Å²) in [6, 6.07) is 0. The molecule has 5 nitrogen and oxygen atoms in total. The number of carbonyl (C=O) groups excluding carboxylic acids is 1. The Balaban J connectivity index is 2.08. The van der Waals surface area contributed by atoms with Crippen molar-refractivity contribution in [3.8, 4) is 0 Å². The maximum Gasteiger partial charge on any atom is 0.397 e. The number of ether oxygens (including phenoxy) is 1. The minimum Gasteiger partial charge on any atom is -0.459 e. The molecule has 1 heterocycles. The molecule has 1 unspecified atom stereocenters. The summed E-state index contributed by atoms with van der Waals surface area (Å²) in [6.45, 7) is 6.32. The fourth-order valence-corrected chi connectivity index (χ4v) is 1.56. The van der Waals surface area contributed by atoms with Crippen molar-refractivity contribution in [3.63, 3.8) is 0 Å². The van der Waals surface area contributed by atoms with E-state index in [0.29, 0.717) is 18.3 Å². The lowest BCUT2D eigenvalue weighted by Crippen LogP contribution is -2.05. The molecule has 1 atom stereocenters.